The van der Waals surface area contributed by atoms with E-state index in [-0.39, 0.29) is 11.9 Å². The summed E-state index contributed by atoms with van der Waals surface area (Å²) in [6, 6.07) is 9.84. The molecule has 1 N–H and O–H groups in total. The van der Waals surface area contributed by atoms with Crippen LogP contribution in [0.3, 0.4) is 0 Å². The van der Waals surface area contributed by atoms with Crippen molar-refractivity contribution in [2.24, 2.45) is 0 Å². The summed E-state index contributed by atoms with van der Waals surface area (Å²) >= 11 is 0. The fourth-order valence-corrected chi connectivity index (χ4v) is 3.62. The van der Waals surface area contributed by atoms with Crippen LogP contribution in [0.4, 0.5) is 5.69 Å². The number of nitrogens with one attached hydrogen (secondary N) is 1. The number of rotatable bonds is 3. The minimum absolute atomic E-state index is 0.0175. The minimum Gasteiger partial charge on any atom is -0.469 e. The number of carbonyl (C=O) groups is 1. The molecule has 1 aromatic heterocycles. The Morgan fingerprint density at radius 1 is 1.17 bits per heavy atom. The van der Waals surface area contributed by atoms with Crippen molar-refractivity contribution in [1.29, 1.82) is 0 Å². The summed E-state index contributed by atoms with van der Waals surface area (Å²) in [5.74, 6) is 0.990. The number of furan rings is 1. The average Bonchev–Trinajstić information content (AvgIpc) is 3.12. The first-order valence-electron chi connectivity index (χ1n) is 8.62. The fraction of sp³-hybridized carbons (Fsp3) is 0.421. The summed E-state index contributed by atoms with van der Waals surface area (Å²) < 4.78 is 10.9. The quantitative estimate of drug-likeness (QED) is 0.942. The molecule has 2 aromatic rings. The van der Waals surface area contributed by atoms with Crippen molar-refractivity contribution in [1.82, 2.24) is 5.32 Å². The zero-order valence-electron chi connectivity index (χ0n) is 13.7. The van der Waals surface area contributed by atoms with Crippen molar-refractivity contribution in [2.75, 3.05) is 31.2 Å². The van der Waals surface area contributed by atoms with Gasteiger partial charge in [0.15, 0.2) is 0 Å². The van der Waals surface area contributed by atoms with Crippen LogP contribution in [0.15, 0.2) is 41.0 Å². The van der Waals surface area contributed by atoms with Gasteiger partial charge in [0.1, 0.15) is 5.76 Å². The lowest BCUT2D eigenvalue weighted by Crippen LogP contribution is -2.38. The van der Waals surface area contributed by atoms with Crippen LogP contribution in [0, 0.1) is 0 Å². The molecule has 0 saturated carbocycles. The van der Waals surface area contributed by atoms with Crippen LogP contribution in [-0.2, 0) is 11.2 Å². The molecule has 1 amide bonds. The molecule has 5 heteroatoms. The van der Waals surface area contributed by atoms with Gasteiger partial charge in [0.2, 0.25) is 0 Å². The molecule has 5 nitrogen and oxygen atoms in total. The number of amides is 1. The van der Waals surface area contributed by atoms with E-state index in [1.165, 1.54) is 0 Å². The SMILES string of the molecule is O=C(N[C@H]1CCCc2occc21)c1ccccc1N1CCOCC1. The van der Waals surface area contributed by atoms with Gasteiger partial charge in [0.25, 0.3) is 5.91 Å². The Bertz CT molecular complexity index is 719. The summed E-state index contributed by atoms with van der Waals surface area (Å²) in [7, 11) is 0. The van der Waals surface area contributed by atoms with Gasteiger partial charge in [-0.15, -0.1) is 0 Å². The van der Waals surface area contributed by atoms with E-state index < -0.39 is 0 Å². The maximum atomic E-state index is 12.9. The molecule has 1 aliphatic heterocycles. The van der Waals surface area contributed by atoms with Crippen molar-refractivity contribution in [2.45, 2.75) is 25.3 Å². The van der Waals surface area contributed by atoms with Crippen LogP contribution in [0.25, 0.3) is 0 Å². The molecule has 1 aliphatic carbocycles. The number of benzene rings is 1. The molecule has 0 unspecified atom stereocenters. The second-order valence-electron chi connectivity index (χ2n) is 6.33. The molecule has 1 atom stereocenters. The van der Waals surface area contributed by atoms with E-state index in [2.05, 4.69) is 10.2 Å². The largest absolute Gasteiger partial charge is 0.469 e. The molecule has 0 bridgehead atoms. The second kappa shape index (κ2) is 6.69. The van der Waals surface area contributed by atoms with Crippen molar-refractivity contribution in [3.63, 3.8) is 0 Å². The highest BCUT2D eigenvalue weighted by Gasteiger charge is 2.26. The summed E-state index contributed by atoms with van der Waals surface area (Å²) in [6.45, 7) is 3.05. The highest BCUT2D eigenvalue weighted by molar-refractivity contribution is 6.00. The van der Waals surface area contributed by atoms with Gasteiger partial charge < -0.3 is 19.4 Å². The summed E-state index contributed by atoms with van der Waals surface area (Å²) in [6.07, 6.45) is 4.67. The van der Waals surface area contributed by atoms with Gasteiger partial charge in [-0.05, 0) is 31.0 Å². The number of aryl methyl sites for hydroxylation is 1. The first kappa shape index (κ1) is 15.3. The molecule has 4 rings (SSSR count). The number of hydrogen-bond donors (Lipinski definition) is 1. The lowest BCUT2D eigenvalue weighted by Gasteiger charge is -2.31. The first-order valence-corrected chi connectivity index (χ1v) is 8.62. The van der Waals surface area contributed by atoms with E-state index in [0.717, 1.165) is 54.9 Å². The molecule has 0 radical (unpaired) electrons. The van der Waals surface area contributed by atoms with E-state index in [9.17, 15) is 4.79 Å². The Morgan fingerprint density at radius 3 is 2.88 bits per heavy atom. The minimum atomic E-state index is -0.0175. The lowest BCUT2D eigenvalue weighted by atomic mass is 9.93. The van der Waals surface area contributed by atoms with E-state index in [1.54, 1.807) is 6.26 Å². The third-order valence-corrected chi connectivity index (χ3v) is 4.86. The van der Waals surface area contributed by atoms with Gasteiger partial charge >= 0.3 is 0 Å². The van der Waals surface area contributed by atoms with E-state index >= 15 is 0 Å². The van der Waals surface area contributed by atoms with E-state index in [4.69, 9.17) is 9.15 Å². The Hall–Kier alpha value is -2.27. The molecule has 2 heterocycles. The standard InChI is InChI=1S/C19H22N2O3/c22-19(20-16-5-3-7-18-14(16)8-11-24-18)15-4-1-2-6-17(15)21-9-12-23-13-10-21/h1-2,4,6,8,11,16H,3,5,7,9-10,12-13H2,(H,20,22)/t16-/m0/s1. The first-order chi connectivity index (χ1) is 11.8. The highest BCUT2D eigenvalue weighted by atomic mass is 16.5. The molecular weight excluding hydrogens is 304 g/mol. The Kier molecular flexibility index (Phi) is 4.26. The highest BCUT2D eigenvalue weighted by Crippen LogP contribution is 2.31. The maximum absolute atomic E-state index is 12.9. The van der Waals surface area contributed by atoms with Crippen molar-refractivity contribution >= 4 is 11.6 Å². The zero-order chi connectivity index (χ0) is 16.4. The Balaban J connectivity index is 1.55. The zero-order valence-corrected chi connectivity index (χ0v) is 13.7. The number of ether oxygens (including phenoxy) is 1. The summed E-state index contributed by atoms with van der Waals surface area (Å²) in [5, 5.41) is 3.20. The number of anilines is 1. The van der Waals surface area contributed by atoms with Crippen LogP contribution in [-0.4, -0.2) is 32.2 Å². The molecule has 0 spiro atoms. The molecule has 1 aromatic carbocycles. The van der Waals surface area contributed by atoms with E-state index in [1.807, 2.05) is 30.3 Å². The molecule has 24 heavy (non-hydrogen) atoms. The molecule has 2 aliphatic rings. The van der Waals surface area contributed by atoms with Gasteiger partial charge in [-0.3, -0.25) is 4.79 Å². The Labute approximate surface area is 141 Å². The fourth-order valence-electron chi connectivity index (χ4n) is 3.62. The topological polar surface area (TPSA) is 54.7 Å². The number of carbonyl (C=O) groups excluding carboxylic acids is 1. The monoisotopic (exact) mass is 326 g/mol. The predicted molar refractivity (Wildman–Crippen MR) is 91.3 cm³/mol. The second-order valence-corrected chi connectivity index (χ2v) is 6.33. The normalized spacial score (nSPS) is 20.5. The summed E-state index contributed by atoms with van der Waals surface area (Å²) in [5.41, 5.74) is 2.84. The van der Waals surface area contributed by atoms with Crippen molar-refractivity contribution in [3.8, 4) is 0 Å². The maximum Gasteiger partial charge on any atom is 0.253 e. The third kappa shape index (κ3) is 2.91. The van der Waals surface area contributed by atoms with Crippen LogP contribution < -0.4 is 10.2 Å². The van der Waals surface area contributed by atoms with Gasteiger partial charge in [0.05, 0.1) is 31.1 Å². The number of nitrogens with zero attached hydrogens (tertiary/aromatic N) is 1. The molecule has 1 saturated heterocycles. The number of hydrogen-bond acceptors (Lipinski definition) is 4. The molecule has 1 fully saturated rings. The molecule has 126 valence electrons. The van der Waals surface area contributed by atoms with Crippen molar-refractivity contribution in [3.05, 3.63) is 53.5 Å². The third-order valence-electron chi connectivity index (χ3n) is 4.86. The van der Waals surface area contributed by atoms with Gasteiger partial charge in [0, 0.05) is 30.8 Å². The Morgan fingerprint density at radius 2 is 2.00 bits per heavy atom. The molecular formula is C19H22N2O3. The van der Waals surface area contributed by atoms with Crippen molar-refractivity contribution < 1.29 is 13.9 Å². The number of morpholine rings is 1. The van der Waals surface area contributed by atoms with Crippen LogP contribution in [0.1, 0.15) is 40.6 Å². The average molecular weight is 326 g/mol. The van der Waals surface area contributed by atoms with Crippen LogP contribution in [0.2, 0.25) is 0 Å². The van der Waals surface area contributed by atoms with Crippen LogP contribution >= 0.6 is 0 Å². The smallest absolute Gasteiger partial charge is 0.253 e. The predicted octanol–water partition coefficient (Wildman–Crippen LogP) is 2.92. The number of fused-ring (bicyclic) bond motifs is 1. The van der Waals surface area contributed by atoms with E-state index in [0.29, 0.717) is 13.2 Å². The number of para-hydroxylation sites is 1. The van der Waals surface area contributed by atoms with Gasteiger partial charge in [-0.1, -0.05) is 12.1 Å². The van der Waals surface area contributed by atoms with Gasteiger partial charge in [-0.2, -0.15) is 0 Å². The lowest BCUT2D eigenvalue weighted by molar-refractivity contribution is 0.0931. The van der Waals surface area contributed by atoms with Crippen LogP contribution in [0.5, 0.6) is 0 Å². The van der Waals surface area contributed by atoms with Gasteiger partial charge in [-0.25, -0.2) is 0 Å². The summed E-state index contributed by atoms with van der Waals surface area (Å²) in [4.78, 5) is 15.1.